The normalized spacial score (nSPS) is 11.4. The zero-order chi connectivity index (χ0) is 14.5. The lowest BCUT2D eigenvalue weighted by atomic mass is 10.1. The van der Waals surface area contributed by atoms with Crippen molar-refractivity contribution in [1.29, 1.82) is 5.26 Å². The highest BCUT2D eigenvalue weighted by molar-refractivity contribution is 5.53. The topological polar surface area (TPSA) is 45.0 Å². The molecule has 0 amide bonds. The van der Waals surface area contributed by atoms with Gasteiger partial charge in [-0.2, -0.15) is 18.4 Å². The first kappa shape index (κ1) is 15.3. The summed E-state index contributed by atoms with van der Waals surface area (Å²) in [5.41, 5.74) is -0.835. The van der Waals surface area contributed by atoms with Crippen molar-refractivity contribution in [2.45, 2.75) is 26.1 Å². The molecular weight excluding hydrogens is 257 g/mol. The standard InChI is InChI=1S/C13H15F3N2O/c1-9(2)19-6-5-18-11-3-4-12(13(14,15)16)10(7-11)8-17/h3-4,7,9,18H,5-6H2,1-2H3. The molecule has 0 saturated heterocycles. The Kier molecular flexibility index (Phi) is 5.19. The summed E-state index contributed by atoms with van der Waals surface area (Å²) in [5.74, 6) is 0. The van der Waals surface area contributed by atoms with Gasteiger partial charge in [-0.1, -0.05) is 0 Å². The van der Waals surface area contributed by atoms with E-state index in [-0.39, 0.29) is 11.7 Å². The predicted molar refractivity (Wildman–Crippen MR) is 65.7 cm³/mol. The van der Waals surface area contributed by atoms with Gasteiger partial charge in [-0.15, -0.1) is 0 Å². The SMILES string of the molecule is CC(C)OCCNc1ccc(C(F)(F)F)c(C#N)c1. The Morgan fingerprint density at radius 2 is 2.05 bits per heavy atom. The van der Waals surface area contributed by atoms with E-state index in [0.29, 0.717) is 18.8 Å². The first-order chi connectivity index (χ1) is 8.84. The molecule has 0 spiro atoms. The van der Waals surface area contributed by atoms with Crippen LogP contribution in [0.15, 0.2) is 18.2 Å². The molecule has 6 heteroatoms. The fraction of sp³-hybridized carbons (Fsp3) is 0.462. The van der Waals surface area contributed by atoms with Crippen LogP contribution in [-0.4, -0.2) is 19.3 Å². The monoisotopic (exact) mass is 272 g/mol. The molecular formula is C13H15F3N2O. The maximum absolute atomic E-state index is 12.6. The van der Waals surface area contributed by atoms with Crippen LogP contribution in [0.2, 0.25) is 0 Å². The number of anilines is 1. The fourth-order valence-electron chi connectivity index (χ4n) is 1.48. The lowest BCUT2D eigenvalue weighted by Crippen LogP contribution is -2.14. The maximum Gasteiger partial charge on any atom is 0.417 e. The van der Waals surface area contributed by atoms with Gasteiger partial charge in [0.25, 0.3) is 0 Å². The quantitative estimate of drug-likeness (QED) is 0.835. The number of nitrogens with one attached hydrogen (secondary N) is 1. The van der Waals surface area contributed by atoms with E-state index in [1.165, 1.54) is 12.1 Å². The lowest BCUT2D eigenvalue weighted by Gasteiger charge is -2.12. The first-order valence-corrected chi connectivity index (χ1v) is 5.81. The van der Waals surface area contributed by atoms with Crippen molar-refractivity contribution < 1.29 is 17.9 Å². The second kappa shape index (κ2) is 6.43. The van der Waals surface area contributed by atoms with Gasteiger partial charge in [0, 0.05) is 12.2 Å². The molecule has 19 heavy (non-hydrogen) atoms. The number of hydrogen-bond acceptors (Lipinski definition) is 3. The van der Waals surface area contributed by atoms with E-state index >= 15 is 0 Å². The summed E-state index contributed by atoms with van der Waals surface area (Å²) >= 11 is 0. The van der Waals surface area contributed by atoms with Gasteiger partial charge >= 0.3 is 6.18 Å². The number of benzene rings is 1. The Bertz CT molecular complexity index is 464. The molecule has 0 aliphatic rings. The third-order valence-corrected chi connectivity index (χ3v) is 2.33. The lowest BCUT2D eigenvalue weighted by molar-refractivity contribution is -0.137. The van der Waals surface area contributed by atoms with Crippen LogP contribution in [0.3, 0.4) is 0 Å². The van der Waals surface area contributed by atoms with E-state index in [1.807, 2.05) is 13.8 Å². The zero-order valence-electron chi connectivity index (χ0n) is 10.7. The average molecular weight is 272 g/mol. The van der Waals surface area contributed by atoms with Crippen LogP contribution >= 0.6 is 0 Å². The third-order valence-electron chi connectivity index (χ3n) is 2.33. The fourth-order valence-corrected chi connectivity index (χ4v) is 1.48. The Balaban J connectivity index is 2.71. The second-order valence-electron chi connectivity index (χ2n) is 4.22. The number of hydrogen-bond donors (Lipinski definition) is 1. The largest absolute Gasteiger partial charge is 0.417 e. The molecule has 0 atom stereocenters. The molecule has 104 valence electrons. The highest BCUT2D eigenvalue weighted by atomic mass is 19.4. The Morgan fingerprint density at radius 3 is 2.58 bits per heavy atom. The second-order valence-corrected chi connectivity index (χ2v) is 4.22. The van der Waals surface area contributed by atoms with E-state index in [2.05, 4.69) is 5.32 Å². The number of halogens is 3. The van der Waals surface area contributed by atoms with Crippen molar-refractivity contribution >= 4 is 5.69 Å². The smallest absolute Gasteiger partial charge is 0.383 e. The molecule has 0 aliphatic carbocycles. The summed E-state index contributed by atoms with van der Waals surface area (Å²) in [6.07, 6.45) is -4.41. The van der Waals surface area contributed by atoms with Crippen LogP contribution in [0.4, 0.5) is 18.9 Å². The van der Waals surface area contributed by atoms with Crippen LogP contribution < -0.4 is 5.32 Å². The van der Waals surface area contributed by atoms with Crippen LogP contribution in [0.25, 0.3) is 0 Å². The van der Waals surface area contributed by atoms with Crippen LogP contribution in [0, 0.1) is 11.3 Å². The number of rotatable bonds is 5. The van der Waals surface area contributed by atoms with E-state index in [4.69, 9.17) is 10.00 Å². The third kappa shape index (κ3) is 4.79. The molecule has 0 heterocycles. The molecule has 0 fully saturated rings. The van der Waals surface area contributed by atoms with Crippen molar-refractivity contribution in [2.75, 3.05) is 18.5 Å². The number of ether oxygens (including phenoxy) is 1. The number of nitrogens with zero attached hydrogens (tertiary/aromatic N) is 1. The number of alkyl halides is 3. The molecule has 0 aliphatic heterocycles. The zero-order valence-corrected chi connectivity index (χ0v) is 10.7. The molecule has 0 radical (unpaired) electrons. The van der Waals surface area contributed by atoms with Crippen LogP contribution in [0.1, 0.15) is 25.0 Å². The van der Waals surface area contributed by atoms with Gasteiger partial charge < -0.3 is 10.1 Å². The Hall–Kier alpha value is -1.74. The van der Waals surface area contributed by atoms with Gasteiger partial charge in [-0.25, -0.2) is 0 Å². The molecule has 1 N–H and O–H groups in total. The number of nitriles is 1. The maximum atomic E-state index is 12.6. The molecule has 1 rings (SSSR count). The highest BCUT2D eigenvalue weighted by Crippen LogP contribution is 2.32. The van der Waals surface area contributed by atoms with Crippen molar-refractivity contribution in [3.8, 4) is 6.07 Å². The van der Waals surface area contributed by atoms with Gasteiger partial charge in [-0.05, 0) is 32.0 Å². The molecule has 0 aromatic heterocycles. The minimum Gasteiger partial charge on any atom is -0.383 e. The molecule has 3 nitrogen and oxygen atoms in total. The van der Waals surface area contributed by atoms with E-state index in [0.717, 1.165) is 6.07 Å². The summed E-state index contributed by atoms with van der Waals surface area (Å²) in [6.45, 7) is 4.70. The summed E-state index contributed by atoms with van der Waals surface area (Å²) in [4.78, 5) is 0. The summed E-state index contributed by atoms with van der Waals surface area (Å²) < 4.78 is 43.0. The van der Waals surface area contributed by atoms with E-state index in [1.54, 1.807) is 6.07 Å². The first-order valence-electron chi connectivity index (χ1n) is 5.81. The Morgan fingerprint density at radius 1 is 1.37 bits per heavy atom. The van der Waals surface area contributed by atoms with Gasteiger partial charge in [-0.3, -0.25) is 0 Å². The molecule has 0 saturated carbocycles. The summed E-state index contributed by atoms with van der Waals surface area (Å²) in [6, 6.07) is 4.96. The minimum atomic E-state index is -4.51. The van der Waals surface area contributed by atoms with Gasteiger partial charge in [0.1, 0.15) is 0 Å². The molecule has 0 unspecified atom stereocenters. The van der Waals surface area contributed by atoms with E-state index in [9.17, 15) is 13.2 Å². The molecule has 0 bridgehead atoms. The van der Waals surface area contributed by atoms with Gasteiger partial charge in [0.15, 0.2) is 0 Å². The highest BCUT2D eigenvalue weighted by Gasteiger charge is 2.33. The minimum absolute atomic E-state index is 0.101. The summed E-state index contributed by atoms with van der Waals surface area (Å²) in [5, 5.41) is 11.7. The van der Waals surface area contributed by atoms with Gasteiger partial charge in [0.2, 0.25) is 0 Å². The predicted octanol–water partition coefficient (Wildman–Crippen LogP) is 3.41. The van der Waals surface area contributed by atoms with Crippen molar-refractivity contribution in [3.05, 3.63) is 29.3 Å². The Labute approximate surface area is 110 Å². The summed E-state index contributed by atoms with van der Waals surface area (Å²) in [7, 11) is 0. The van der Waals surface area contributed by atoms with Crippen molar-refractivity contribution in [3.63, 3.8) is 0 Å². The van der Waals surface area contributed by atoms with Crippen molar-refractivity contribution in [2.24, 2.45) is 0 Å². The molecule has 1 aromatic rings. The van der Waals surface area contributed by atoms with Crippen LogP contribution in [0.5, 0.6) is 0 Å². The van der Waals surface area contributed by atoms with Crippen LogP contribution in [-0.2, 0) is 10.9 Å². The van der Waals surface area contributed by atoms with Gasteiger partial charge in [0.05, 0.1) is 29.9 Å². The van der Waals surface area contributed by atoms with E-state index < -0.39 is 11.7 Å². The molecule has 1 aromatic carbocycles. The van der Waals surface area contributed by atoms with Crippen molar-refractivity contribution in [1.82, 2.24) is 0 Å². The average Bonchev–Trinajstić information content (AvgIpc) is 2.32.